The molecule has 1 aromatic rings. The van der Waals surface area contributed by atoms with E-state index in [9.17, 15) is 5.11 Å². The van der Waals surface area contributed by atoms with Crippen LogP contribution in [0.3, 0.4) is 0 Å². The average Bonchev–Trinajstić information content (AvgIpc) is 2.03. The van der Waals surface area contributed by atoms with Crippen LogP contribution in [-0.2, 0) is 6.42 Å². The molecule has 0 heterocycles. The first kappa shape index (κ1) is 10.4. The largest absolute Gasteiger partial charge is 0.507 e. The molecule has 0 aliphatic carbocycles. The highest BCUT2D eigenvalue weighted by Gasteiger charge is 2.03. The molecule has 0 bridgehead atoms. The molecule has 2 nitrogen and oxygen atoms in total. The molecule has 0 radical (unpaired) electrons. The molecule has 13 heavy (non-hydrogen) atoms. The van der Waals surface area contributed by atoms with Gasteiger partial charge in [0.2, 0.25) is 0 Å². The maximum atomic E-state index is 9.50. The maximum Gasteiger partial charge on any atom is 0.129 e. The summed E-state index contributed by atoms with van der Waals surface area (Å²) in [5.41, 5.74) is 0.963. The van der Waals surface area contributed by atoms with Gasteiger partial charge in [-0.3, -0.25) is 0 Å². The van der Waals surface area contributed by atoms with E-state index in [0.717, 1.165) is 10.5 Å². The smallest absolute Gasteiger partial charge is 0.129 e. The Hall–Kier alpha value is -0.670. The Labute approximate surface area is 82.6 Å². The fraction of sp³-hybridized carbons (Fsp3) is 0.400. The van der Waals surface area contributed by atoms with Gasteiger partial charge in [0, 0.05) is 4.90 Å². The van der Waals surface area contributed by atoms with Gasteiger partial charge in [0.15, 0.2) is 0 Å². The van der Waals surface area contributed by atoms with Crippen LogP contribution < -0.4 is 0 Å². The topological polar surface area (TPSA) is 40.5 Å². The van der Waals surface area contributed by atoms with Gasteiger partial charge in [-0.2, -0.15) is 0 Å². The first-order valence-electron chi connectivity index (χ1n) is 4.17. The molecule has 0 aliphatic heterocycles. The van der Waals surface area contributed by atoms with Crippen LogP contribution in [0.5, 0.6) is 5.75 Å². The van der Waals surface area contributed by atoms with Crippen molar-refractivity contribution in [2.75, 3.05) is 6.26 Å². The van der Waals surface area contributed by atoms with E-state index in [0.29, 0.717) is 12.2 Å². The first-order valence-corrected chi connectivity index (χ1v) is 5.40. The van der Waals surface area contributed by atoms with E-state index >= 15 is 0 Å². The van der Waals surface area contributed by atoms with Crippen LogP contribution in [0, 0.1) is 0 Å². The maximum absolute atomic E-state index is 9.50. The lowest BCUT2D eigenvalue weighted by Gasteiger charge is -2.06. The molecule has 0 saturated carbocycles. The van der Waals surface area contributed by atoms with Gasteiger partial charge < -0.3 is 10.2 Å². The van der Waals surface area contributed by atoms with E-state index in [1.54, 1.807) is 13.0 Å². The minimum Gasteiger partial charge on any atom is -0.507 e. The van der Waals surface area contributed by atoms with E-state index < -0.39 is 0 Å². The lowest BCUT2D eigenvalue weighted by Crippen LogP contribution is -2.03. The fourth-order valence-corrected chi connectivity index (χ4v) is 1.68. The second-order valence-corrected chi connectivity index (χ2v) is 3.91. The normalized spacial score (nSPS) is 12.8. The van der Waals surface area contributed by atoms with Crippen LogP contribution in [0.2, 0.25) is 0 Å². The van der Waals surface area contributed by atoms with Crippen molar-refractivity contribution < 1.29 is 10.2 Å². The number of phenols is 1. The third kappa shape index (κ3) is 2.94. The van der Waals surface area contributed by atoms with E-state index in [4.69, 9.17) is 5.11 Å². The number of benzene rings is 1. The second-order valence-electron chi connectivity index (χ2n) is 3.06. The van der Waals surface area contributed by atoms with Crippen LogP contribution in [0.4, 0.5) is 0 Å². The van der Waals surface area contributed by atoms with E-state index in [-0.39, 0.29) is 6.10 Å². The van der Waals surface area contributed by atoms with Gasteiger partial charge in [-0.15, -0.1) is 11.8 Å². The molecule has 3 heteroatoms. The third-order valence-electron chi connectivity index (χ3n) is 1.77. The predicted octanol–water partition coefficient (Wildman–Crippen LogP) is 2.04. The van der Waals surface area contributed by atoms with Gasteiger partial charge in [0.25, 0.3) is 0 Å². The Morgan fingerprint density at radius 2 is 2.15 bits per heavy atom. The summed E-state index contributed by atoms with van der Waals surface area (Å²) in [6.45, 7) is 1.74. The third-order valence-corrected chi connectivity index (χ3v) is 2.56. The molecule has 0 amide bonds. The summed E-state index contributed by atoms with van der Waals surface area (Å²) in [5.74, 6) is 0.297. The molecule has 0 aromatic heterocycles. The van der Waals surface area contributed by atoms with Gasteiger partial charge in [0.05, 0.1) is 6.10 Å². The van der Waals surface area contributed by atoms with E-state index in [1.807, 2.05) is 18.4 Å². The fourth-order valence-electron chi connectivity index (χ4n) is 1.20. The summed E-state index contributed by atoms with van der Waals surface area (Å²) in [7, 11) is 0. The van der Waals surface area contributed by atoms with E-state index in [1.165, 1.54) is 11.8 Å². The SMILES string of the molecule is CSc1ccc(CC(C)O)cc1O. The molecule has 1 aromatic carbocycles. The van der Waals surface area contributed by atoms with Crippen LogP contribution in [0.1, 0.15) is 12.5 Å². The molecule has 72 valence electrons. The number of rotatable bonds is 3. The van der Waals surface area contributed by atoms with Crippen LogP contribution in [0.15, 0.2) is 23.1 Å². The predicted molar refractivity (Wildman–Crippen MR) is 55.3 cm³/mol. The molecule has 1 atom stereocenters. The highest BCUT2D eigenvalue weighted by atomic mass is 32.2. The number of aliphatic hydroxyl groups excluding tert-OH is 1. The van der Waals surface area contributed by atoms with Gasteiger partial charge in [-0.05, 0) is 37.3 Å². The Kier molecular flexibility index (Phi) is 3.63. The van der Waals surface area contributed by atoms with E-state index in [2.05, 4.69) is 0 Å². The summed E-state index contributed by atoms with van der Waals surface area (Å²) in [6.07, 6.45) is 2.14. The molecule has 2 N–H and O–H groups in total. The zero-order valence-corrected chi connectivity index (χ0v) is 8.64. The minimum absolute atomic E-state index is 0.297. The first-order chi connectivity index (χ1) is 6.13. The molecule has 0 aliphatic rings. The molecule has 0 saturated heterocycles. The zero-order valence-electron chi connectivity index (χ0n) is 7.82. The number of phenolic OH excluding ortho intramolecular Hbond substituents is 1. The summed E-state index contributed by atoms with van der Waals surface area (Å²) in [4.78, 5) is 0.870. The monoisotopic (exact) mass is 198 g/mol. The quantitative estimate of drug-likeness (QED) is 0.730. The molecule has 1 unspecified atom stereocenters. The number of thioether (sulfide) groups is 1. The molecular weight excluding hydrogens is 184 g/mol. The Morgan fingerprint density at radius 3 is 2.62 bits per heavy atom. The van der Waals surface area contributed by atoms with Crippen molar-refractivity contribution in [1.29, 1.82) is 0 Å². The van der Waals surface area contributed by atoms with Crippen molar-refractivity contribution in [3.63, 3.8) is 0 Å². The van der Waals surface area contributed by atoms with Crippen molar-refractivity contribution in [2.45, 2.75) is 24.3 Å². The van der Waals surface area contributed by atoms with Crippen molar-refractivity contribution in [3.8, 4) is 5.75 Å². The number of aromatic hydroxyl groups is 1. The second kappa shape index (κ2) is 4.53. The number of hydrogen-bond donors (Lipinski definition) is 2. The van der Waals surface area contributed by atoms with Gasteiger partial charge >= 0.3 is 0 Å². The van der Waals surface area contributed by atoms with Crippen LogP contribution in [0.25, 0.3) is 0 Å². The molecular formula is C10H14O2S. The number of aliphatic hydroxyl groups is 1. The molecule has 1 rings (SSSR count). The van der Waals surface area contributed by atoms with Crippen molar-refractivity contribution >= 4 is 11.8 Å². The Morgan fingerprint density at radius 1 is 1.46 bits per heavy atom. The summed E-state index contributed by atoms with van der Waals surface area (Å²) in [6, 6.07) is 5.51. The van der Waals surface area contributed by atoms with Crippen molar-refractivity contribution in [2.24, 2.45) is 0 Å². The van der Waals surface area contributed by atoms with Crippen molar-refractivity contribution in [3.05, 3.63) is 23.8 Å². The minimum atomic E-state index is -0.362. The summed E-state index contributed by atoms with van der Waals surface area (Å²) < 4.78 is 0. The summed E-state index contributed by atoms with van der Waals surface area (Å²) in [5, 5.41) is 18.6. The highest BCUT2D eigenvalue weighted by Crippen LogP contribution is 2.27. The highest BCUT2D eigenvalue weighted by molar-refractivity contribution is 7.98. The van der Waals surface area contributed by atoms with Crippen LogP contribution in [-0.4, -0.2) is 22.6 Å². The average molecular weight is 198 g/mol. The van der Waals surface area contributed by atoms with Gasteiger partial charge in [-0.25, -0.2) is 0 Å². The molecule has 0 fully saturated rings. The zero-order chi connectivity index (χ0) is 9.84. The lowest BCUT2D eigenvalue weighted by atomic mass is 10.1. The van der Waals surface area contributed by atoms with Gasteiger partial charge in [0.1, 0.15) is 5.75 Å². The molecule has 0 spiro atoms. The van der Waals surface area contributed by atoms with Crippen LogP contribution >= 0.6 is 11.8 Å². The Balaban J connectivity index is 2.83. The Bertz CT molecular complexity index is 284. The summed E-state index contributed by atoms with van der Waals surface area (Å²) >= 11 is 1.51. The standard InChI is InChI=1S/C10H14O2S/c1-7(11)5-8-3-4-10(13-2)9(12)6-8/h3-4,6-7,11-12H,5H2,1-2H3. The van der Waals surface area contributed by atoms with Crippen molar-refractivity contribution in [1.82, 2.24) is 0 Å². The number of hydrogen-bond acceptors (Lipinski definition) is 3. The lowest BCUT2D eigenvalue weighted by molar-refractivity contribution is 0.195. The van der Waals surface area contributed by atoms with Gasteiger partial charge in [-0.1, -0.05) is 6.07 Å².